The van der Waals surface area contributed by atoms with Crippen LogP contribution in [0.2, 0.25) is 0 Å². The number of rotatable bonds is 3. The highest BCUT2D eigenvalue weighted by Crippen LogP contribution is 2.40. The molecule has 1 amide bonds. The number of morpholine rings is 1. The average Bonchev–Trinajstić information content (AvgIpc) is 3.07. The van der Waals surface area contributed by atoms with Gasteiger partial charge in [0, 0.05) is 13.1 Å². The first kappa shape index (κ1) is 12.3. The fraction of sp³-hybridized carbons (Fsp3) is 0.818. The Balaban J connectivity index is 1.93. The smallest absolute Gasteiger partial charge is 0.307 e. The summed E-state index contributed by atoms with van der Waals surface area (Å²) in [4.78, 5) is 24.3. The van der Waals surface area contributed by atoms with E-state index in [4.69, 9.17) is 14.9 Å². The van der Waals surface area contributed by atoms with Crippen LogP contribution < -0.4 is 0 Å². The zero-order valence-electron chi connectivity index (χ0n) is 9.70. The number of amides is 1. The van der Waals surface area contributed by atoms with E-state index in [-0.39, 0.29) is 30.6 Å². The molecule has 6 heteroatoms. The highest BCUT2D eigenvalue weighted by atomic mass is 16.5. The minimum absolute atomic E-state index is 0.119. The van der Waals surface area contributed by atoms with Crippen LogP contribution in [-0.2, 0) is 14.3 Å². The highest BCUT2D eigenvalue weighted by molar-refractivity contribution is 5.89. The molecule has 2 fully saturated rings. The Morgan fingerprint density at radius 1 is 1.35 bits per heavy atom. The van der Waals surface area contributed by atoms with E-state index >= 15 is 0 Å². The SMILES string of the molecule is CC1CN(C(=O)[C@@H]2C[C@@H]2C(=O)O)CC(CO)O1. The molecule has 1 heterocycles. The van der Waals surface area contributed by atoms with Crippen LogP contribution in [0.4, 0.5) is 0 Å². The number of carbonyl (C=O) groups excluding carboxylic acids is 1. The third-order valence-corrected chi connectivity index (χ3v) is 3.27. The van der Waals surface area contributed by atoms with Crippen molar-refractivity contribution in [2.24, 2.45) is 11.8 Å². The summed E-state index contributed by atoms with van der Waals surface area (Å²) in [5.74, 6) is -1.92. The second kappa shape index (κ2) is 4.62. The van der Waals surface area contributed by atoms with Crippen molar-refractivity contribution in [1.29, 1.82) is 0 Å². The van der Waals surface area contributed by atoms with Gasteiger partial charge >= 0.3 is 5.97 Å². The van der Waals surface area contributed by atoms with Gasteiger partial charge in [-0.15, -0.1) is 0 Å². The van der Waals surface area contributed by atoms with Crippen LogP contribution in [0.25, 0.3) is 0 Å². The maximum atomic E-state index is 12.0. The summed E-state index contributed by atoms with van der Waals surface area (Å²) in [6.07, 6.45) is -0.0411. The van der Waals surface area contributed by atoms with Crippen LogP contribution in [0.3, 0.4) is 0 Å². The van der Waals surface area contributed by atoms with Gasteiger partial charge in [0.25, 0.3) is 0 Å². The number of aliphatic carboxylic acids is 1. The predicted molar refractivity (Wildman–Crippen MR) is 57.2 cm³/mol. The van der Waals surface area contributed by atoms with Crippen LogP contribution >= 0.6 is 0 Å². The first-order chi connectivity index (χ1) is 8.02. The van der Waals surface area contributed by atoms with E-state index < -0.39 is 11.9 Å². The molecule has 6 nitrogen and oxygen atoms in total. The quantitative estimate of drug-likeness (QED) is 0.685. The Morgan fingerprint density at radius 3 is 2.59 bits per heavy atom. The van der Waals surface area contributed by atoms with E-state index in [0.29, 0.717) is 19.5 Å². The number of aliphatic hydroxyl groups is 1. The molecule has 4 atom stereocenters. The van der Waals surface area contributed by atoms with Gasteiger partial charge in [0.2, 0.25) is 5.91 Å². The molecule has 0 aromatic heterocycles. The van der Waals surface area contributed by atoms with Gasteiger partial charge in [-0.25, -0.2) is 0 Å². The summed E-state index contributed by atoms with van der Waals surface area (Å²) in [6, 6.07) is 0. The van der Waals surface area contributed by atoms with Gasteiger partial charge in [0.05, 0.1) is 30.7 Å². The second-order valence-electron chi connectivity index (χ2n) is 4.78. The topological polar surface area (TPSA) is 87.1 Å². The molecule has 2 rings (SSSR count). The molecule has 96 valence electrons. The van der Waals surface area contributed by atoms with E-state index in [9.17, 15) is 9.59 Å². The van der Waals surface area contributed by atoms with Crippen molar-refractivity contribution in [3.63, 3.8) is 0 Å². The van der Waals surface area contributed by atoms with Gasteiger partial charge in [-0.1, -0.05) is 0 Å². The molecule has 2 N–H and O–H groups in total. The molecule has 0 aromatic rings. The molecule has 2 unspecified atom stereocenters. The Hall–Kier alpha value is -1.14. The van der Waals surface area contributed by atoms with Gasteiger partial charge in [0.1, 0.15) is 0 Å². The van der Waals surface area contributed by atoms with Crippen LogP contribution in [0.5, 0.6) is 0 Å². The number of carboxylic acids is 1. The minimum Gasteiger partial charge on any atom is -0.481 e. The number of carbonyl (C=O) groups is 2. The fourth-order valence-electron chi connectivity index (χ4n) is 2.30. The fourth-order valence-corrected chi connectivity index (χ4v) is 2.30. The van der Waals surface area contributed by atoms with E-state index in [1.165, 1.54) is 0 Å². The molecule has 1 saturated carbocycles. The summed E-state index contributed by atoms with van der Waals surface area (Å²) < 4.78 is 5.43. The van der Waals surface area contributed by atoms with Crippen molar-refractivity contribution < 1.29 is 24.5 Å². The molecule has 17 heavy (non-hydrogen) atoms. The van der Waals surface area contributed by atoms with Crippen molar-refractivity contribution in [3.8, 4) is 0 Å². The lowest BCUT2D eigenvalue weighted by atomic mass is 10.2. The molecule has 0 radical (unpaired) electrons. The Bertz CT molecular complexity index is 332. The largest absolute Gasteiger partial charge is 0.481 e. The second-order valence-corrected chi connectivity index (χ2v) is 4.78. The van der Waals surface area contributed by atoms with Crippen LogP contribution in [0.1, 0.15) is 13.3 Å². The lowest BCUT2D eigenvalue weighted by molar-refractivity contribution is -0.150. The van der Waals surface area contributed by atoms with E-state index in [0.717, 1.165) is 0 Å². The molecular weight excluding hydrogens is 226 g/mol. The molecule has 1 saturated heterocycles. The van der Waals surface area contributed by atoms with Gasteiger partial charge < -0.3 is 19.8 Å². The minimum atomic E-state index is -0.900. The Kier molecular flexibility index (Phi) is 3.35. The molecular formula is C11H17NO5. The summed E-state index contributed by atoms with van der Waals surface area (Å²) in [7, 11) is 0. The zero-order valence-corrected chi connectivity index (χ0v) is 9.70. The summed E-state index contributed by atoms with van der Waals surface area (Å²) in [5.41, 5.74) is 0. The van der Waals surface area contributed by atoms with Crippen molar-refractivity contribution in [2.45, 2.75) is 25.6 Å². The van der Waals surface area contributed by atoms with Crippen molar-refractivity contribution in [1.82, 2.24) is 4.90 Å². The van der Waals surface area contributed by atoms with Crippen LogP contribution in [-0.4, -0.2) is 58.9 Å². The first-order valence-electron chi connectivity index (χ1n) is 5.80. The molecule has 0 spiro atoms. The van der Waals surface area contributed by atoms with Gasteiger partial charge in [-0.3, -0.25) is 9.59 Å². The lowest BCUT2D eigenvalue weighted by Gasteiger charge is -2.36. The normalized spacial score (nSPS) is 36.7. The molecule has 0 bridgehead atoms. The number of hydrogen-bond donors (Lipinski definition) is 2. The lowest BCUT2D eigenvalue weighted by Crippen LogP contribution is -2.51. The summed E-state index contributed by atoms with van der Waals surface area (Å²) in [6.45, 7) is 2.53. The highest BCUT2D eigenvalue weighted by Gasteiger charge is 2.50. The van der Waals surface area contributed by atoms with E-state index in [1.807, 2.05) is 6.92 Å². The van der Waals surface area contributed by atoms with Crippen molar-refractivity contribution in [3.05, 3.63) is 0 Å². The standard InChI is InChI=1S/C11H17NO5/c1-6-3-12(4-7(5-13)17-6)10(14)8-2-9(8)11(15)16/h6-9,13H,2-5H2,1H3,(H,15,16)/t6?,7?,8-,9+/m1/s1. The van der Waals surface area contributed by atoms with E-state index in [1.54, 1.807) is 4.90 Å². The monoisotopic (exact) mass is 243 g/mol. The molecule has 1 aliphatic carbocycles. The average molecular weight is 243 g/mol. The number of aliphatic hydroxyl groups excluding tert-OH is 1. The maximum absolute atomic E-state index is 12.0. The Morgan fingerprint density at radius 2 is 2.06 bits per heavy atom. The predicted octanol–water partition coefficient (Wildman–Crippen LogP) is -0.685. The van der Waals surface area contributed by atoms with Crippen molar-refractivity contribution in [2.75, 3.05) is 19.7 Å². The third kappa shape index (κ3) is 2.58. The first-order valence-corrected chi connectivity index (χ1v) is 5.80. The summed E-state index contributed by atoms with van der Waals surface area (Å²) >= 11 is 0. The van der Waals surface area contributed by atoms with Crippen molar-refractivity contribution >= 4 is 11.9 Å². The third-order valence-electron chi connectivity index (χ3n) is 3.27. The zero-order chi connectivity index (χ0) is 12.6. The number of ether oxygens (including phenoxy) is 1. The van der Waals surface area contributed by atoms with Crippen LogP contribution in [0, 0.1) is 11.8 Å². The van der Waals surface area contributed by atoms with Gasteiger partial charge in [0.15, 0.2) is 0 Å². The Labute approximate surface area is 99.2 Å². The number of carboxylic acid groups (broad SMARTS) is 1. The maximum Gasteiger partial charge on any atom is 0.307 e. The molecule has 1 aliphatic heterocycles. The van der Waals surface area contributed by atoms with Gasteiger partial charge in [-0.2, -0.15) is 0 Å². The van der Waals surface area contributed by atoms with Crippen LogP contribution in [0.15, 0.2) is 0 Å². The number of hydrogen-bond acceptors (Lipinski definition) is 4. The van der Waals surface area contributed by atoms with Gasteiger partial charge in [-0.05, 0) is 13.3 Å². The molecule has 0 aromatic carbocycles. The van der Waals surface area contributed by atoms with E-state index in [2.05, 4.69) is 0 Å². The number of nitrogens with zero attached hydrogens (tertiary/aromatic N) is 1. The molecule has 2 aliphatic rings. The summed E-state index contributed by atoms with van der Waals surface area (Å²) in [5, 5.41) is 17.8.